The van der Waals surface area contributed by atoms with Crippen LogP contribution in [0.4, 0.5) is 5.69 Å². The second-order valence-corrected chi connectivity index (χ2v) is 5.13. The number of nitrogens with one attached hydrogen (secondary N) is 1. The summed E-state index contributed by atoms with van der Waals surface area (Å²) in [6.07, 6.45) is 0.913. The Hall–Kier alpha value is -1.94. The zero-order valence-electron chi connectivity index (χ0n) is 11.1. The molecule has 0 unspecified atom stereocenters. The summed E-state index contributed by atoms with van der Waals surface area (Å²) >= 11 is 3.19. The highest BCUT2D eigenvalue weighted by molar-refractivity contribution is 9.10. The van der Waals surface area contributed by atoms with Gasteiger partial charge in [-0.2, -0.15) is 5.26 Å². The third-order valence-electron chi connectivity index (χ3n) is 3.18. The van der Waals surface area contributed by atoms with Crippen molar-refractivity contribution in [1.29, 1.82) is 5.26 Å². The molecule has 1 aromatic rings. The van der Waals surface area contributed by atoms with E-state index in [0.717, 1.165) is 0 Å². The Balaban J connectivity index is 3.13. The second kappa shape index (κ2) is 6.48. The molecule has 1 N–H and O–H groups in total. The van der Waals surface area contributed by atoms with E-state index >= 15 is 0 Å². The van der Waals surface area contributed by atoms with Gasteiger partial charge in [-0.15, -0.1) is 0 Å². The molecule has 0 saturated heterocycles. The lowest BCUT2D eigenvalue weighted by molar-refractivity contribution is -0.384. The van der Waals surface area contributed by atoms with Crippen LogP contribution in [-0.4, -0.2) is 16.4 Å². The molecule has 6 nitrogen and oxygen atoms in total. The average molecular weight is 340 g/mol. The molecule has 0 saturated carbocycles. The lowest BCUT2D eigenvalue weighted by Gasteiger charge is -2.25. The number of non-ortho nitro benzene ring substituents is 1. The van der Waals surface area contributed by atoms with Crippen LogP contribution in [0.5, 0.6) is 0 Å². The molecule has 20 heavy (non-hydrogen) atoms. The number of amides is 1. The van der Waals surface area contributed by atoms with Crippen molar-refractivity contribution in [3.63, 3.8) is 0 Å². The standard InChI is InChI=1S/C13H14BrN3O3/c1-3-13(4-2,8-15)16-12(18)10-7-9(17(19)20)5-6-11(10)14/h5-7H,3-4H2,1-2H3,(H,16,18). The molecule has 1 rings (SSSR count). The fourth-order valence-corrected chi connectivity index (χ4v) is 2.13. The van der Waals surface area contributed by atoms with Gasteiger partial charge in [-0.1, -0.05) is 13.8 Å². The molecule has 0 aliphatic carbocycles. The van der Waals surface area contributed by atoms with Crippen molar-refractivity contribution in [2.75, 3.05) is 0 Å². The Kier molecular flexibility index (Phi) is 5.22. The normalized spacial score (nSPS) is 10.7. The Bertz CT molecular complexity index is 577. The Labute approximate surface area is 125 Å². The van der Waals surface area contributed by atoms with E-state index in [1.807, 2.05) is 0 Å². The van der Waals surface area contributed by atoms with Gasteiger partial charge in [0.1, 0.15) is 5.54 Å². The first kappa shape index (κ1) is 16.1. The molecule has 106 valence electrons. The van der Waals surface area contributed by atoms with E-state index in [0.29, 0.717) is 17.3 Å². The van der Waals surface area contributed by atoms with Crippen LogP contribution in [0, 0.1) is 21.4 Å². The van der Waals surface area contributed by atoms with Crippen molar-refractivity contribution in [2.45, 2.75) is 32.2 Å². The lowest BCUT2D eigenvalue weighted by Crippen LogP contribution is -2.46. The van der Waals surface area contributed by atoms with Crippen LogP contribution in [0.3, 0.4) is 0 Å². The molecule has 0 atom stereocenters. The number of halogens is 1. The predicted molar refractivity (Wildman–Crippen MR) is 77.2 cm³/mol. The number of hydrogen-bond donors (Lipinski definition) is 1. The summed E-state index contributed by atoms with van der Waals surface area (Å²) < 4.78 is 0.444. The van der Waals surface area contributed by atoms with Crippen molar-refractivity contribution in [2.24, 2.45) is 0 Å². The highest BCUT2D eigenvalue weighted by atomic mass is 79.9. The van der Waals surface area contributed by atoms with Crippen LogP contribution in [0.1, 0.15) is 37.0 Å². The number of nitriles is 1. The molecule has 7 heteroatoms. The Morgan fingerprint density at radius 2 is 2.10 bits per heavy atom. The summed E-state index contributed by atoms with van der Waals surface area (Å²) in [5.74, 6) is -0.508. The third-order valence-corrected chi connectivity index (χ3v) is 3.87. The summed E-state index contributed by atoms with van der Waals surface area (Å²) in [4.78, 5) is 22.4. The number of benzene rings is 1. The van der Waals surface area contributed by atoms with E-state index in [2.05, 4.69) is 27.3 Å². The molecule has 0 aliphatic rings. The average Bonchev–Trinajstić information content (AvgIpc) is 2.45. The molecule has 0 radical (unpaired) electrons. The van der Waals surface area contributed by atoms with E-state index in [-0.39, 0.29) is 11.3 Å². The minimum Gasteiger partial charge on any atom is -0.334 e. The van der Waals surface area contributed by atoms with Gasteiger partial charge in [0.25, 0.3) is 11.6 Å². The summed E-state index contributed by atoms with van der Waals surface area (Å²) in [6.45, 7) is 3.60. The zero-order chi connectivity index (χ0) is 15.3. The summed E-state index contributed by atoms with van der Waals surface area (Å²) in [5, 5.41) is 22.6. The molecule has 0 bridgehead atoms. The summed E-state index contributed by atoms with van der Waals surface area (Å²) in [6, 6.07) is 6.03. The van der Waals surface area contributed by atoms with E-state index < -0.39 is 16.4 Å². The lowest BCUT2D eigenvalue weighted by atomic mass is 9.94. The Morgan fingerprint density at radius 3 is 2.55 bits per heavy atom. The number of carbonyl (C=O) groups is 1. The summed E-state index contributed by atoms with van der Waals surface area (Å²) in [5.41, 5.74) is -0.990. The number of nitrogens with zero attached hydrogens (tertiary/aromatic N) is 2. The van der Waals surface area contributed by atoms with Gasteiger partial charge in [-0.25, -0.2) is 0 Å². The number of hydrogen-bond acceptors (Lipinski definition) is 4. The van der Waals surface area contributed by atoms with E-state index in [4.69, 9.17) is 0 Å². The van der Waals surface area contributed by atoms with Gasteiger partial charge < -0.3 is 5.32 Å². The minimum absolute atomic E-state index is 0.140. The van der Waals surface area contributed by atoms with Crippen LogP contribution in [-0.2, 0) is 0 Å². The highest BCUT2D eigenvalue weighted by Crippen LogP contribution is 2.24. The maximum atomic E-state index is 12.2. The van der Waals surface area contributed by atoms with Gasteiger partial charge >= 0.3 is 0 Å². The van der Waals surface area contributed by atoms with Crippen LogP contribution in [0.25, 0.3) is 0 Å². The molecular weight excluding hydrogens is 326 g/mol. The molecule has 1 amide bonds. The Morgan fingerprint density at radius 1 is 1.50 bits per heavy atom. The highest BCUT2D eigenvalue weighted by Gasteiger charge is 2.29. The third kappa shape index (κ3) is 3.33. The molecular formula is C13H14BrN3O3. The first-order valence-electron chi connectivity index (χ1n) is 6.06. The largest absolute Gasteiger partial charge is 0.334 e. The fraction of sp³-hybridized carbons (Fsp3) is 0.385. The number of carbonyl (C=O) groups excluding carboxylic acids is 1. The monoisotopic (exact) mass is 339 g/mol. The van der Waals surface area contributed by atoms with Crippen molar-refractivity contribution >= 4 is 27.5 Å². The number of nitro groups is 1. The van der Waals surface area contributed by atoms with Crippen molar-refractivity contribution in [3.8, 4) is 6.07 Å². The van der Waals surface area contributed by atoms with Gasteiger partial charge in [0.05, 0.1) is 16.6 Å². The molecule has 1 aromatic carbocycles. The first-order valence-corrected chi connectivity index (χ1v) is 6.86. The van der Waals surface area contributed by atoms with E-state index in [1.165, 1.54) is 18.2 Å². The zero-order valence-corrected chi connectivity index (χ0v) is 12.7. The van der Waals surface area contributed by atoms with Crippen LogP contribution in [0.2, 0.25) is 0 Å². The van der Waals surface area contributed by atoms with Crippen LogP contribution >= 0.6 is 15.9 Å². The molecule has 0 aliphatic heterocycles. The smallest absolute Gasteiger partial charge is 0.270 e. The van der Waals surface area contributed by atoms with Crippen LogP contribution in [0.15, 0.2) is 22.7 Å². The fourth-order valence-electron chi connectivity index (χ4n) is 1.70. The quantitative estimate of drug-likeness (QED) is 0.658. The SMILES string of the molecule is CCC(C#N)(CC)NC(=O)c1cc([N+](=O)[O-])ccc1Br. The van der Waals surface area contributed by atoms with Crippen molar-refractivity contribution < 1.29 is 9.72 Å². The number of rotatable bonds is 5. The van der Waals surface area contributed by atoms with Crippen LogP contribution < -0.4 is 5.32 Å². The van der Waals surface area contributed by atoms with Gasteiger partial charge in [-0.3, -0.25) is 14.9 Å². The molecule has 0 heterocycles. The first-order chi connectivity index (χ1) is 9.39. The minimum atomic E-state index is -0.957. The topological polar surface area (TPSA) is 96.0 Å². The molecule has 0 spiro atoms. The van der Waals surface area contributed by atoms with Gasteiger partial charge in [0.2, 0.25) is 0 Å². The summed E-state index contributed by atoms with van der Waals surface area (Å²) in [7, 11) is 0. The second-order valence-electron chi connectivity index (χ2n) is 4.28. The van der Waals surface area contributed by atoms with Gasteiger partial charge in [0.15, 0.2) is 0 Å². The van der Waals surface area contributed by atoms with Gasteiger partial charge in [-0.05, 0) is 34.8 Å². The maximum absolute atomic E-state index is 12.2. The van der Waals surface area contributed by atoms with Crippen molar-refractivity contribution in [1.82, 2.24) is 5.32 Å². The maximum Gasteiger partial charge on any atom is 0.270 e. The number of nitro benzene ring substituents is 1. The van der Waals surface area contributed by atoms with E-state index in [9.17, 15) is 20.2 Å². The predicted octanol–water partition coefficient (Wildman–Crippen LogP) is 3.17. The molecule has 0 fully saturated rings. The van der Waals surface area contributed by atoms with Gasteiger partial charge in [0, 0.05) is 16.6 Å². The van der Waals surface area contributed by atoms with Crippen molar-refractivity contribution in [3.05, 3.63) is 38.3 Å². The molecule has 0 aromatic heterocycles. The van der Waals surface area contributed by atoms with E-state index in [1.54, 1.807) is 13.8 Å².